The summed E-state index contributed by atoms with van der Waals surface area (Å²) in [6.45, 7) is 0. The topological polar surface area (TPSA) is 97.3 Å². The summed E-state index contributed by atoms with van der Waals surface area (Å²) >= 11 is 0. The van der Waals surface area contributed by atoms with E-state index in [9.17, 15) is 9.18 Å². The van der Waals surface area contributed by atoms with Crippen LogP contribution in [0.15, 0.2) is 30.6 Å². The highest BCUT2D eigenvalue weighted by atomic mass is 19.1. The van der Waals surface area contributed by atoms with Gasteiger partial charge in [0.25, 0.3) is 0 Å². The normalized spacial score (nSPS) is 14.0. The summed E-state index contributed by atoms with van der Waals surface area (Å²) in [5, 5.41) is 17.0. The number of carbonyl (C=O) groups is 1. The summed E-state index contributed by atoms with van der Waals surface area (Å²) in [5.74, 6) is -0.633. The van der Waals surface area contributed by atoms with Crippen molar-refractivity contribution < 1.29 is 14.3 Å². The van der Waals surface area contributed by atoms with E-state index in [2.05, 4.69) is 15.4 Å². The average Bonchev–Trinajstić information content (AvgIpc) is 3.26. The molecule has 1 aliphatic carbocycles. The van der Waals surface area contributed by atoms with Gasteiger partial charge < -0.3 is 15.0 Å². The van der Waals surface area contributed by atoms with Gasteiger partial charge in [-0.2, -0.15) is 9.61 Å². The highest BCUT2D eigenvalue weighted by molar-refractivity contribution is 5.86. The molecule has 4 aromatic rings. The van der Waals surface area contributed by atoms with Crippen molar-refractivity contribution in [3.05, 3.63) is 42.0 Å². The van der Waals surface area contributed by atoms with Crippen LogP contribution in [0.1, 0.15) is 24.8 Å². The number of benzene rings is 1. The monoisotopic (exact) mass is 394 g/mol. The quantitative estimate of drug-likeness (QED) is 0.522. The van der Waals surface area contributed by atoms with Gasteiger partial charge >= 0.3 is 5.97 Å². The molecule has 0 saturated heterocycles. The minimum Gasteiger partial charge on any atom is -0.481 e. The first kappa shape index (κ1) is 17.6. The maximum absolute atomic E-state index is 14.1. The Labute approximate surface area is 165 Å². The third-order valence-corrected chi connectivity index (χ3v) is 5.12. The van der Waals surface area contributed by atoms with E-state index in [-0.39, 0.29) is 12.8 Å². The summed E-state index contributed by atoms with van der Waals surface area (Å²) in [7, 11) is 1.90. The minimum atomic E-state index is -0.957. The van der Waals surface area contributed by atoms with Crippen molar-refractivity contribution in [1.82, 2.24) is 24.1 Å². The Morgan fingerprint density at radius 2 is 2.17 bits per heavy atom. The molecular formula is C20H19FN6O2. The van der Waals surface area contributed by atoms with Crippen molar-refractivity contribution in [2.45, 2.75) is 31.7 Å². The number of aryl methyl sites for hydroxylation is 2. The van der Waals surface area contributed by atoms with Crippen molar-refractivity contribution in [2.24, 2.45) is 7.05 Å². The van der Waals surface area contributed by atoms with Gasteiger partial charge in [-0.15, -0.1) is 0 Å². The van der Waals surface area contributed by atoms with Gasteiger partial charge in [0.2, 0.25) is 0 Å². The molecule has 0 spiro atoms. The van der Waals surface area contributed by atoms with Crippen molar-refractivity contribution >= 4 is 28.6 Å². The van der Waals surface area contributed by atoms with Crippen LogP contribution in [0.25, 0.3) is 28.1 Å². The minimum absolute atomic E-state index is 0.126. The van der Waals surface area contributed by atoms with Crippen LogP contribution in [0.5, 0.6) is 0 Å². The van der Waals surface area contributed by atoms with Gasteiger partial charge in [-0.1, -0.05) is 0 Å². The Balaban J connectivity index is 1.61. The van der Waals surface area contributed by atoms with E-state index >= 15 is 0 Å². The number of fused-ring (bicyclic) bond motifs is 3. The lowest BCUT2D eigenvalue weighted by atomic mass is 10.0. The number of carboxylic acid groups (broad SMARTS) is 1. The van der Waals surface area contributed by atoms with Crippen LogP contribution in [-0.2, 0) is 18.3 Å². The fourth-order valence-electron chi connectivity index (χ4n) is 3.44. The van der Waals surface area contributed by atoms with E-state index in [0.717, 1.165) is 29.8 Å². The molecule has 148 valence electrons. The van der Waals surface area contributed by atoms with Crippen LogP contribution in [0, 0.1) is 5.82 Å². The molecule has 3 heterocycles. The van der Waals surface area contributed by atoms with Crippen molar-refractivity contribution in [3.63, 3.8) is 0 Å². The molecule has 0 radical (unpaired) electrons. The molecule has 1 saturated carbocycles. The number of hydrogen-bond acceptors (Lipinski definition) is 5. The second kappa shape index (κ2) is 6.54. The standard InChI is InChI=1S/C20H19FN6O2/c1-26-10-22-18-19(23-13-4-5-13)24-16-9-15(25-27(16)20(18)26)12-2-6-14(21)11(8-12)3-7-17(28)29/h2,6,8-10,13H,3-5,7H2,1H3,(H,23,24)(H,28,29). The predicted octanol–water partition coefficient (Wildman–Crippen LogP) is 3.01. The smallest absolute Gasteiger partial charge is 0.303 e. The Kier molecular flexibility index (Phi) is 3.97. The summed E-state index contributed by atoms with van der Waals surface area (Å²) < 4.78 is 17.7. The van der Waals surface area contributed by atoms with Crippen molar-refractivity contribution in [1.29, 1.82) is 0 Å². The van der Waals surface area contributed by atoms with E-state index in [1.165, 1.54) is 6.07 Å². The number of nitrogens with zero attached hydrogens (tertiary/aromatic N) is 5. The van der Waals surface area contributed by atoms with E-state index < -0.39 is 11.8 Å². The SMILES string of the molecule is Cn1cnc2c(NC3CC3)nc3cc(-c4ccc(F)c(CCC(=O)O)c4)nn3c21. The highest BCUT2D eigenvalue weighted by Crippen LogP contribution is 2.30. The molecule has 8 nitrogen and oxygen atoms in total. The van der Waals surface area contributed by atoms with E-state index in [1.54, 1.807) is 23.0 Å². The van der Waals surface area contributed by atoms with Crippen molar-refractivity contribution in [2.75, 3.05) is 5.32 Å². The summed E-state index contributed by atoms with van der Waals surface area (Å²) in [5.41, 5.74) is 3.94. The number of anilines is 1. The van der Waals surface area contributed by atoms with E-state index in [0.29, 0.717) is 28.5 Å². The lowest BCUT2D eigenvalue weighted by Gasteiger charge is -2.06. The molecule has 0 amide bonds. The van der Waals surface area contributed by atoms with Crippen molar-refractivity contribution in [3.8, 4) is 11.3 Å². The van der Waals surface area contributed by atoms with Crippen LogP contribution in [-0.4, -0.2) is 41.3 Å². The number of aliphatic carboxylic acids is 1. The number of halogens is 1. The Morgan fingerprint density at radius 3 is 2.93 bits per heavy atom. The third kappa shape index (κ3) is 3.18. The van der Waals surface area contributed by atoms with Crippen LogP contribution < -0.4 is 5.32 Å². The number of aromatic nitrogens is 5. The molecule has 29 heavy (non-hydrogen) atoms. The zero-order valence-corrected chi connectivity index (χ0v) is 15.8. The fourth-order valence-corrected chi connectivity index (χ4v) is 3.44. The molecule has 3 aromatic heterocycles. The zero-order valence-electron chi connectivity index (χ0n) is 15.8. The molecule has 0 atom stereocenters. The third-order valence-electron chi connectivity index (χ3n) is 5.12. The number of imidazole rings is 1. The van der Waals surface area contributed by atoms with Gasteiger partial charge in [0.15, 0.2) is 22.6 Å². The fraction of sp³-hybridized carbons (Fsp3) is 0.300. The molecule has 1 aromatic carbocycles. The Bertz CT molecular complexity index is 1260. The first-order chi connectivity index (χ1) is 14.0. The first-order valence-corrected chi connectivity index (χ1v) is 9.47. The Hall–Kier alpha value is -3.49. The van der Waals surface area contributed by atoms with Gasteiger partial charge in [0.05, 0.1) is 12.0 Å². The molecule has 9 heteroatoms. The number of carboxylic acids is 1. The van der Waals surface area contributed by atoms with Crippen LogP contribution in [0.2, 0.25) is 0 Å². The van der Waals surface area contributed by atoms with Crippen LogP contribution in [0.4, 0.5) is 10.2 Å². The molecule has 0 aliphatic heterocycles. The maximum Gasteiger partial charge on any atom is 0.303 e. The maximum atomic E-state index is 14.1. The first-order valence-electron chi connectivity index (χ1n) is 9.47. The largest absolute Gasteiger partial charge is 0.481 e. The molecule has 0 bridgehead atoms. The van der Waals surface area contributed by atoms with E-state index in [1.807, 2.05) is 17.7 Å². The highest BCUT2D eigenvalue weighted by Gasteiger charge is 2.24. The van der Waals surface area contributed by atoms with Crippen LogP contribution in [0.3, 0.4) is 0 Å². The lowest BCUT2D eigenvalue weighted by molar-refractivity contribution is -0.136. The van der Waals surface area contributed by atoms with Gasteiger partial charge in [-0.05, 0) is 43.0 Å². The second-order valence-corrected chi connectivity index (χ2v) is 7.41. The zero-order chi connectivity index (χ0) is 20.1. The van der Waals surface area contributed by atoms with Gasteiger partial charge in [0, 0.05) is 31.1 Å². The summed E-state index contributed by atoms with van der Waals surface area (Å²) in [6.07, 6.45) is 3.98. The van der Waals surface area contributed by atoms with Gasteiger partial charge in [-0.3, -0.25) is 4.79 Å². The van der Waals surface area contributed by atoms with Crippen LogP contribution >= 0.6 is 0 Å². The molecule has 0 unspecified atom stereocenters. The molecule has 1 aliphatic rings. The molecular weight excluding hydrogens is 375 g/mol. The van der Waals surface area contributed by atoms with E-state index in [4.69, 9.17) is 10.1 Å². The predicted molar refractivity (Wildman–Crippen MR) is 105 cm³/mol. The number of rotatable bonds is 6. The molecule has 5 rings (SSSR count). The molecule has 2 N–H and O–H groups in total. The molecule has 1 fully saturated rings. The Morgan fingerprint density at radius 1 is 1.34 bits per heavy atom. The number of nitrogens with one attached hydrogen (secondary N) is 1. The average molecular weight is 394 g/mol. The summed E-state index contributed by atoms with van der Waals surface area (Å²) in [4.78, 5) is 20.0. The van der Waals surface area contributed by atoms with Gasteiger partial charge in [-0.25, -0.2) is 14.4 Å². The lowest BCUT2D eigenvalue weighted by Crippen LogP contribution is -2.07. The summed E-state index contributed by atoms with van der Waals surface area (Å²) in [6, 6.07) is 6.93. The second-order valence-electron chi connectivity index (χ2n) is 7.41. The van der Waals surface area contributed by atoms with Gasteiger partial charge in [0.1, 0.15) is 5.82 Å². The number of hydrogen-bond donors (Lipinski definition) is 2.